The first-order chi connectivity index (χ1) is 13.9. The van der Waals surface area contributed by atoms with E-state index in [1.165, 1.54) is 16.7 Å². The first-order valence-corrected chi connectivity index (χ1v) is 10.2. The minimum atomic E-state index is 0.671. The maximum atomic E-state index is 5.96. The Morgan fingerprint density at radius 1 is 1.04 bits per heavy atom. The van der Waals surface area contributed by atoms with Crippen LogP contribution in [0.1, 0.15) is 17.5 Å². The van der Waals surface area contributed by atoms with Gasteiger partial charge in [-0.05, 0) is 42.3 Å². The fourth-order valence-electron chi connectivity index (χ4n) is 3.85. The number of rotatable bonds is 8. The van der Waals surface area contributed by atoms with E-state index in [1.54, 1.807) is 0 Å². The largest absolute Gasteiger partial charge is 0.489 e. The third kappa shape index (κ3) is 5.41. The van der Waals surface area contributed by atoms with Crippen LogP contribution in [0, 0.1) is 0 Å². The lowest BCUT2D eigenvalue weighted by Gasteiger charge is -2.29. The smallest absolute Gasteiger partial charge is 0.127 e. The average Bonchev–Trinajstić information content (AvgIpc) is 2.75. The molecule has 4 rings (SSSR count). The number of para-hydroxylation sites is 1. The van der Waals surface area contributed by atoms with Gasteiger partial charge >= 0.3 is 0 Å². The number of morpholine rings is 1. The molecule has 5 nitrogen and oxygen atoms in total. The van der Waals surface area contributed by atoms with Gasteiger partial charge < -0.3 is 9.47 Å². The summed E-state index contributed by atoms with van der Waals surface area (Å²) in [6.07, 6.45) is 7.25. The fraction of sp³-hybridized carbons (Fsp3) is 0.435. The Bertz CT molecular complexity index is 772. The van der Waals surface area contributed by atoms with Gasteiger partial charge in [0.1, 0.15) is 12.4 Å². The van der Waals surface area contributed by atoms with Gasteiger partial charge in [-0.1, -0.05) is 24.3 Å². The molecule has 0 radical (unpaired) electrons. The average molecular weight is 380 g/mol. The Balaban J connectivity index is 1.38. The Kier molecular flexibility index (Phi) is 6.71. The molecular formula is C23H29N3O2. The highest BCUT2D eigenvalue weighted by Crippen LogP contribution is 2.26. The van der Waals surface area contributed by atoms with Crippen molar-refractivity contribution in [2.24, 2.45) is 0 Å². The van der Waals surface area contributed by atoms with E-state index in [9.17, 15) is 0 Å². The highest BCUT2D eigenvalue weighted by atomic mass is 16.5. The normalized spacial score (nSPS) is 17.1. The van der Waals surface area contributed by atoms with Crippen LogP contribution in [0.25, 0.3) is 6.08 Å². The molecule has 2 aliphatic heterocycles. The minimum absolute atomic E-state index is 0.671. The van der Waals surface area contributed by atoms with Crippen molar-refractivity contribution in [2.45, 2.75) is 13.0 Å². The molecule has 0 atom stereocenters. The number of aromatic nitrogens is 1. The SMILES string of the molecule is C1=C(CN(CCCN2CCOCC2)Cc2cccnc2)COc2ccccc21. The lowest BCUT2D eigenvalue weighted by molar-refractivity contribution is 0.0361. The summed E-state index contributed by atoms with van der Waals surface area (Å²) in [7, 11) is 0. The number of fused-ring (bicyclic) bond motifs is 1. The Hall–Kier alpha value is -2.21. The summed E-state index contributed by atoms with van der Waals surface area (Å²) in [5.74, 6) is 0.984. The molecule has 0 unspecified atom stereocenters. The third-order valence-corrected chi connectivity index (χ3v) is 5.30. The molecule has 1 saturated heterocycles. The van der Waals surface area contributed by atoms with Gasteiger partial charge in [-0.25, -0.2) is 0 Å². The first kappa shape index (κ1) is 19.1. The second-order valence-electron chi connectivity index (χ2n) is 7.51. The molecule has 2 aliphatic rings. The zero-order chi connectivity index (χ0) is 19.0. The summed E-state index contributed by atoms with van der Waals surface area (Å²) >= 11 is 0. The van der Waals surface area contributed by atoms with Crippen LogP contribution in [0.5, 0.6) is 5.75 Å². The molecule has 1 aromatic carbocycles. The van der Waals surface area contributed by atoms with Crippen molar-refractivity contribution in [3.8, 4) is 5.75 Å². The van der Waals surface area contributed by atoms with Gasteiger partial charge in [-0.3, -0.25) is 14.8 Å². The van der Waals surface area contributed by atoms with Crippen molar-refractivity contribution in [1.29, 1.82) is 0 Å². The summed E-state index contributed by atoms with van der Waals surface area (Å²) in [5, 5.41) is 0. The summed E-state index contributed by atoms with van der Waals surface area (Å²) in [6, 6.07) is 12.4. The predicted molar refractivity (Wildman–Crippen MR) is 111 cm³/mol. The van der Waals surface area contributed by atoms with Crippen molar-refractivity contribution < 1.29 is 9.47 Å². The fourth-order valence-corrected chi connectivity index (χ4v) is 3.85. The Labute approximate surface area is 167 Å². The van der Waals surface area contributed by atoms with E-state index in [4.69, 9.17) is 9.47 Å². The molecule has 5 heteroatoms. The second-order valence-corrected chi connectivity index (χ2v) is 7.51. The molecule has 28 heavy (non-hydrogen) atoms. The van der Waals surface area contributed by atoms with E-state index in [2.05, 4.69) is 39.1 Å². The maximum Gasteiger partial charge on any atom is 0.127 e. The molecule has 0 amide bonds. The van der Waals surface area contributed by atoms with Gasteiger partial charge in [0, 0.05) is 50.7 Å². The number of ether oxygens (including phenoxy) is 2. The van der Waals surface area contributed by atoms with E-state index in [0.29, 0.717) is 6.61 Å². The highest BCUT2D eigenvalue weighted by molar-refractivity contribution is 5.62. The maximum absolute atomic E-state index is 5.96. The Morgan fingerprint density at radius 3 is 2.79 bits per heavy atom. The second kappa shape index (κ2) is 9.82. The van der Waals surface area contributed by atoms with Crippen LogP contribution >= 0.6 is 0 Å². The third-order valence-electron chi connectivity index (χ3n) is 5.30. The molecule has 0 spiro atoms. The van der Waals surface area contributed by atoms with Gasteiger partial charge in [0.2, 0.25) is 0 Å². The van der Waals surface area contributed by atoms with Gasteiger partial charge in [0.25, 0.3) is 0 Å². The van der Waals surface area contributed by atoms with Crippen LogP contribution in [0.2, 0.25) is 0 Å². The van der Waals surface area contributed by atoms with Crippen molar-refractivity contribution in [3.05, 3.63) is 65.5 Å². The molecule has 3 heterocycles. The van der Waals surface area contributed by atoms with Crippen LogP contribution in [0.4, 0.5) is 0 Å². The van der Waals surface area contributed by atoms with E-state index in [1.807, 2.05) is 30.6 Å². The molecule has 148 valence electrons. The number of hydrogen-bond acceptors (Lipinski definition) is 5. The summed E-state index contributed by atoms with van der Waals surface area (Å²) in [6.45, 7) is 8.53. The molecule has 0 saturated carbocycles. The molecule has 0 N–H and O–H groups in total. The number of nitrogens with zero attached hydrogens (tertiary/aromatic N) is 3. The predicted octanol–water partition coefficient (Wildman–Crippen LogP) is 3.08. The monoisotopic (exact) mass is 379 g/mol. The molecular weight excluding hydrogens is 350 g/mol. The first-order valence-electron chi connectivity index (χ1n) is 10.2. The van der Waals surface area contributed by atoms with Crippen LogP contribution < -0.4 is 4.74 Å². The van der Waals surface area contributed by atoms with Gasteiger partial charge in [-0.2, -0.15) is 0 Å². The molecule has 0 bridgehead atoms. The lowest BCUT2D eigenvalue weighted by atomic mass is 10.1. The molecule has 2 aromatic rings. The summed E-state index contributed by atoms with van der Waals surface area (Å²) < 4.78 is 11.4. The lowest BCUT2D eigenvalue weighted by Crippen LogP contribution is -2.38. The standard InChI is InChI=1S/C23H29N3O2/c1-2-7-23-22(6-1)15-21(19-28-23)18-26(17-20-5-3-8-24-16-20)10-4-9-25-11-13-27-14-12-25/h1-3,5-8,15-16H,4,9-14,17-19H2. The van der Waals surface area contributed by atoms with E-state index in [-0.39, 0.29) is 0 Å². The van der Waals surface area contributed by atoms with Gasteiger partial charge in [0.05, 0.1) is 13.2 Å². The minimum Gasteiger partial charge on any atom is -0.489 e. The number of benzene rings is 1. The van der Waals surface area contributed by atoms with E-state index >= 15 is 0 Å². The van der Waals surface area contributed by atoms with E-state index < -0.39 is 0 Å². The van der Waals surface area contributed by atoms with E-state index in [0.717, 1.165) is 64.7 Å². The molecule has 1 fully saturated rings. The molecule has 0 aliphatic carbocycles. The van der Waals surface area contributed by atoms with Gasteiger partial charge in [0.15, 0.2) is 0 Å². The quantitative estimate of drug-likeness (QED) is 0.705. The van der Waals surface area contributed by atoms with Crippen LogP contribution in [-0.2, 0) is 11.3 Å². The summed E-state index contributed by atoms with van der Waals surface area (Å²) in [4.78, 5) is 9.30. The van der Waals surface area contributed by atoms with Crippen molar-refractivity contribution in [1.82, 2.24) is 14.8 Å². The molecule has 1 aromatic heterocycles. The van der Waals surface area contributed by atoms with Crippen molar-refractivity contribution >= 4 is 6.08 Å². The Morgan fingerprint density at radius 2 is 1.93 bits per heavy atom. The van der Waals surface area contributed by atoms with Crippen LogP contribution in [0.3, 0.4) is 0 Å². The number of pyridine rings is 1. The van der Waals surface area contributed by atoms with Crippen molar-refractivity contribution in [3.63, 3.8) is 0 Å². The number of hydrogen-bond donors (Lipinski definition) is 0. The van der Waals surface area contributed by atoms with Crippen LogP contribution in [-0.4, -0.2) is 67.3 Å². The zero-order valence-corrected chi connectivity index (χ0v) is 16.4. The van der Waals surface area contributed by atoms with Crippen LogP contribution in [0.15, 0.2) is 54.4 Å². The van der Waals surface area contributed by atoms with Gasteiger partial charge in [-0.15, -0.1) is 0 Å². The van der Waals surface area contributed by atoms with Crippen molar-refractivity contribution in [2.75, 3.05) is 52.5 Å². The topological polar surface area (TPSA) is 37.8 Å². The zero-order valence-electron chi connectivity index (χ0n) is 16.4. The highest BCUT2D eigenvalue weighted by Gasteiger charge is 2.16. The summed E-state index contributed by atoms with van der Waals surface area (Å²) in [5.41, 5.74) is 3.76.